The molecule has 0 saturated carbocycles. The molecule has 18 heavy (non-hydrogen) atoms. The molecule has 2 unspecified atom stereocenters. The lowest BCUT2D eigenvalue weighted by Crippen LogP contribution is -2.44. The summed E-state index contributed by atoms with van der Waals surface area (Å²) in [6.07, 6.45) is 5.49. The molecule has 0 amide bonds. The van der Waals surface area contributed by atoms with Gasteiger partial charge in [-0.15, -0.1) is 0 Å². The van der Waals surface area contributed by atoms with Crippen LogP contribution in [0.5, 0.6) is 0 Å². The fourth-order valence-corrected chi connectivity index (χ4v) is 3.61. The van der Waals surface area contributed by atoms with E-state index in [1.807, 2.05) is 0 Å². The summed E-state index contributed by atoms with van der Waals surface area (Å²) in [6.45, 7) is 16.7. The monoisotopic (exact) mass is 254 g/mol. The first kappa shape index (κ1) is 16.0. The first-order valence-electron chi connectivity index (χ1n) is 7.95. The Morgan fingerprint density at radius 3 is 1.78 bits per heavy atom. The van der Waals surface area contributed by atoms with Gasteiger partial charge in [0, 0.05) is 24.2 Å². The fourth-order valence-electron chi connectivity index (χ4n) is 3.61. The maximum absolute atomic E-state index is 2.67. The molecule has 108 valence electrons. The zero-order chi connectivity index (χ0) is 13.7. The van der Waals surface area contributed by atoms with E-state index < -0.39 is 0 Å². The molecule has 1 aliphatic heterocycles. The van der Waals surface area contributed by atoms with Gasteiger partial charge in [0.1, 0.15) is 0 Å². The van der Waals surface area contributed by atoms with Crippen molar-refractivity contribution in [2.75, 3.05) is 13.1 Å². The first-order valence-corrected chi connectivity index (χ1v) is 7.95. The number of likely N-dealkylation sites (tertiary alicyclic amines) is 1. The predicted octanol–water partition coefficient (Wildman–Crippen LogP) is 3.76. The van der Waals surface area contributed by atoms with Crippen molar-refractivity contribution < 1.29 is 0 Å². The van der Waals surface area contributed by atoms with Crippen LogP contribution in [0, 0.1) is 0 Å². The van der Waals surface area contributed by atoms with Crippen molar-refractivity contribution in [2.45, 2.75) is 91.4 Å². The Morgan fingerprint density at radius 2 is 1.33 bits per heavy atom. The summed E-state index contributed by atoms with van der Waals surface area (Å²) >= 11 is 0. The second-order valence-corrected chi connectivity index (χ2v) is 6.65. The standard InChI is InChI=1S/C16H34N2/c1-13(2)18(14(3)4)16(6)10-9-15(5)17-11-7-8-12-17/h13-16H,7-12H2,1-6H3. The smallest absolute Gasteiger partial charge is 0.00729 e. The van der Waals surface area contributed by atoms with Crippen molar-refractivity contribution in [1.82, 2.24) is 9.80 Å². The van der Waals surface area contributed by atoms with E-state index >= 15 is 0 Å². The number of hydrogen-bond acceptors (Lipinski definition) is 2. The van der Waals surface area contributed by atoms with Crippen LogP contribution in [0.15, 0.2) is 0 Å². The van der Waals surface area contributed by atoms with Crippen molar-refractivity contribution in [1.29, 1.82) is 0 Å². The quantitative estimate of drug-likeness (QED) is 0.682. The molecular weight excluding hydrogens is 220 g/mol. The zero-order valence-corrected chi connectivity index (χ0v) is 13.4. The number of nitrogens with zero attached hydrogens (tertiary/aromatic N) is 2. The van der Waals surface area contributed by atoms with Crippen LogP contribution in [0.2, 0.25) is 0 Å². The van der Waals surface area contributed by atoms with E-state index in [0.29, 0.717) is 18.1 Å². The molecule has 2 atom stereocenters. The van der Waals surface area contributed by atoms with E-state index in [9.17, 15) is 0 Å². The predicted molar refractivity (Wildman–Crippen MR) is 81.1 cm³/mol. The van der Waals surface area contributed by atoms with Gasteiger partial charge in [-0.25, -0.2) is 0 Å². The highest BCUT2D eigenvalue weighted by molar-refractivity contribution is 4.78. The average molecular weight is 254 g/mol. The lowest BCUT2D eigenvalue weighted by atomic mass is 10.0. The van der Waals surface area contributed by atoms with Crippen LogP contribution in [0.4, 0.5) is 0 Å². The minimum Gasteiger partial charge on any atom is -0.301 e. The molecule has 0 aromatic heterocycles. The zero-order valence-electron chi connectivity index (χ0n) is 13.4. The van der Waals surface area contributed by atoms with E-state index in [-0.39, 0.29) is 0 Å². The van der Waals surface area contributed by atoms with Crippen molar-refractivity contribution >= 4 is 0 Å². The summed E-state index contributed by atoms with van der Waals surface area (Å²) in [5.74, 6) is 0. The largest absolute Gasteiger partial charge is 0.301 e. The molecule has 0 spiro atoms. The maximum atomic E-state index is 2.67. The second-order valence-electron chi connectivity index (χ2n) is 6.65. The van der Waals surface area contributed by atoms with Crippen molar-refractivity contribution in [3.63, 3.8) is 0 Å². The molecule has 0 aliphatic carbocycles. The Labute approximate surface area is 115 Å². The summed E-state index contributed by atoms with van der Waals surface area (Å²) in [7, 11) is 0. The van der Waals surface area contributed by atoms with Crippen LogP contribution in [0.3, 0.4) is 0 Å². The molecule has 0 N–H and O–H groups in total. The summed E-state index contributed by atoms with van der Waals surface area (Å²) in [4.78, 5) is 5.32. The topological polar surface area (TPSA) is 6.48 Å². The molecule has 0 aromatic carbocycles. The highest BCUT2D eigenvalue weighted by atomic mass is 15.2. The molecule has 1 rings (SSSR count). The van der Waals surface area contributed by atoms with Gasteiger partial charge in [0.2, 0.25) is 0 Å². The Kier molecular flexibility index (Phi) is 6.65. The summed E-state index contributed by atoms with van der Waals surface area (Å²) in [5, 5.41) is 0. The Balaban J connectivity index is 2.36. The van der Waals surface area contributed by atoms with Crippen LogP contribution in [0.1, 0.15) is 67.2 Å². The molecule has 0 radical (unpaired) electrons. The second kappa shape index (κ2) is 7.49. The molecule has 2 nitrogen and oxygen atoms in total. The molecular formula is C16H34N2. The number of rotatable bonds is 7. The Bertz CT molecular complexity index is 211. The van der Waals surface area contributed by atoms with Crippen molar-refractivity contribution in [3.8, 4) is 0 Å². The van der Waals surface area contributed by atoms with E-state index in [4.69, 9.17) is 0 Å². The van der Waals surface area contributed by atoms with E-state index in [1.165, 1.54) is 38.8 Å². The van der Waals surface area contributed by atoms with Crippen LogP contribution in [0.25, 0.3) is 0 Å². The van der Waals surface area contributed by atoms with Crippen LogP contribution >= 0.6 is 0 Å². The van der Waals surface area contributed by atoms with Gasteiger partial charge in [-0.05, 0) is 80.3 Å². The summed E-state index contributed by atoms with van der Waals surface area (Å²) in [6, 6.07) is 2.79. The van der Waals surface area contributed by atoms with Gasteiger partial charge in [0.25, 0.3) is 0 Å². The van der Waals surface area contributed by atoms with E-state index in [2.05, 4.69) is 51.3 Å². The Morgan fingerprint density at radius 1 is 0.833 bits per heavy atom. The third kappa shape index (κ3) is 4.55. The summed E-state index contributed by atoms with van der Waals surface area (Å²) in [5.41, 5.74) is 0. The third-order valence-electron chi connectivity index (χ3n) is 4.47. The highest BCUT2D eigenvalue weighted by Crippen LogP contribution is 2.19. The van der Waals surface area contributed by atoms with Crippen LogP contribution < -0.4 is 0 Å². The normalized spacial score (nSPS) is 21.2. The molecule has 2 heteroatoms. The van der Waals surface area contributed by atoms with Gasteiger partial charge >= 0.3 is 0 Å². The van der Waals surface area contributed by atoms with Gasteiger partial charge in [0.05, 0.1) is 0 Å². The Hall–Kier alpha value is -0.0800. The molecule has 1 aliphatic rings. The molecule has 1 heterocycles. The lowest BCUT2D eigenvalue weighted by molar-refractivity contribution is 0.108. The maximum Gasteiger partial charge on any atom is 0.00729 e. The number of hydrogen-bond donors (Lipinski definition) is 0. The highest BCUT2D eigenvalue weighted by Gasteiger charge is 2.22. The van der Waals surface area contributed by atoms with Crippen LogP contribution in [-0.2, 0) is 0 Å². The fraction of sp³-hybridized carbons (Fsp3) is 1.00. The minimum atomic E-state index is 0.655. The molecule has 1 fully saturated rings. The van der Waals surface area contributed by atoms with Gasteiger partial charge in [0.15, 0.2) is 0 Å². The van der Waals surface area contributed by atoms with E-state index in [0.717, 1.165) is 6.04 Å². The van der Waals surface area contributed by atoms with Gasteiger partial charge in [-0.2, -0.15) is 0 Å². The van der Waals surface area contributed by atoms with E-state index in [1.54, 1.807) is 0 Å². The first-order chi connectivity index (χ1) is 8.43. The SMILES string of the molecule is CC(CCC(C)N(C(C)C)C(C)C)N1CCCC1. The lowest BCUT2D eigenvalue weighted by Gasteiger charge is -2.37. The minimum absolute atomic E-state index is 0.655. The van der Waals surface area contributed by atoms with Gasteiger partial charge in [-0.3, -0.25) is 4.90 Å². The molecule has 0 aromatic rings. The average Bonchev–Trinajstić information content (AvgIpc) is 2.78. The molecule has 1 saturated heterocycles. The van der Waals surface area contributed by atoms with Crippen molar-refractivity contribution in [3.05, 3.63) is 0 Å². The van der Waals surface area contributed by atoms with Crippen molar-refractivity contribution in [2.24, 2.45) is 0 Å². The van der Waals surface area contributed by atoms with Gasteiger partial charge < -0.3 is 4.90 Å². The molecule has 0 bridgehead atoms. The van der Waals surface area contributed by atoms with Gasteiger partial charge in [-0.1, -0.05) is 0 Å². The summed E-state index contributed by atoms with van der Waals surface area (Å²) < 4.78 is 0. The third-order valence-corrected chi connectivity index (χ3v) is 4.47. The van der Waals surface area contributed by atoms with Crippen LogP contribution in [-0.4, -0.2) is 47.1 Å².